The van der Waals surface area contributed by atoms with Gasteiger partial charge in [-0.1, -0.05) is 70.5 Å². The number of carbonyl (C=O) groups is 1. The highest BCUT2D eigenvalue weighted by atomic mass is 79.9. The molecule has 0 spiro atoms. The molecule has 1 N–H and O–H groups in total. The molecule has 0 radical (unpaired) electrons. The topological polar surface area (TPSA) is 42.0 Å². The van der Waals surface area contributed by atoms with Crippen LogP contribution in [0.4, 0.5) is 13.2 Å². The molecule has 4 rings (SSSR count). The summed E-state index contributed by atoms with van der Waals surface area (Å²) in [4.78, 5) is 17.9. The van der Waals surface area contributed by atoms with Crippen molar-refractivity contribution < 1.29 is 18.0 Å². The first-order chi connectivity index (χ1) is 16.3. The van der Waals surface area contributed by atoms with Gasteiger partial charge in [-0.2, -0.15) is 13.2 Å². The van der Waals surface area contributed by atoms with Crippen molar-refractivity contribution in [3.8, 4) is 0 Å². The highest BCUT2D eigenvalue weighted by Gasteiger charge is 2.40. The number of rotatable bonds is 6. The second-order valence-corrected chi connectivity index (χ2v) is 8.74. The monoisotopic (exact) mass is 524 g/mol. The van der Waals surface area contributed by atoms with Crippen LogP contribution in [-0.4, -0.2) is 10.9 Å². The fourth-order valence-electron chi connectivity index (χ4n) is 3.89. The fraction of sp³-hybridized carbons (Fsp3) is 0.111. The van der Waals surface area contributed by atoms with Gasteiger partial charge in [-0.25, -0.2) is 0 Å². The lowest BCUT2D eigenvalue weighted by Crippen LogP contribution is -2.49. The van der Waals surface area contributed by atoms with Gasteiger partial charge in [0.15, 0.2) is 0 Å². The number of carbonyl (C=O) groups excluding carboxylic acids is 1. The van der Waals surface area contributed by atoms with Crippen LogP contribution in [0.3, 0.4) is 0 Å². The number of benzene rings is 3. The SMILES string of the molecule is O=C(NC(Cc1ccccc1)(c1cccc(C(F)(F)F)c1)c1ccccn1)c1cccc(Br)c1. The summed E-state index contributed by atoms with van der Waals surface area (Å²) in [6.45, 7) is 0. The number of hydrogen-bond acceptors (Lipinski definition) is 2. The lowest BCUT2D eigenvalue weighted by atomic mass is 9.79. The van der Waals surface area contributed by atoms with E-state index < -0.39 is 23.2 Å². The Hall–Kier alpha value is -3.45. The maximum atomic E-state index is 13.6. The van der Waals surface area contributed by atoms with Crippen LogP contribution in [0.15, 0.2) is 108 Å². The number of nitrogens with one attached hydrogen (secondary N) is 1. The van der Waals surface area contributed by atoms with Crippen molar-refractivity contribution in [3.63, 3.8) is 0 Å². The van der Waals surface area contributed by atoms with Gasteiger partial charge in [-0.3, -0.25) is 9.78 Å². The Bertz CT molecular complexity index is 1280. The van der Waals surface area contributed by atoms with E-state index in [1.807, 2.05) is 30.3 Å². The van der Waals surface area contributed by atoms with Crippen LogP contribution in [0.5, 0.6) is 0 Å². The van der Waals surface area contributed by atoms with Gasteiger partial charge in [-0.15, -0.1) is 0 Å². The number of alkyl halides is 3. The van der Waals surface area contributed by atoms with Crippen LogP contribution in [0.1, 0.15) is 32.7 Å². The molecule has 1 amide bonds. The van der Waals surface area contributed by atoms with Gasteiger partial charge in [0.2, 0.25) is 0 Å². The minimum absolute atomic E-state index is 0.200. The Kier molecular flexibility index (Phi) is 6.84. The lowest BCUT2D eigenvalue weighted by Gasteiger charge is -2.36. The Morgan fingerprint density at radius 2 is 1.53 bits per heavy atom. The highest BCUT2D eigenvalue weighted by molar-refractivity contribution is 9.10. The fourth-order valence-corrected chi connectivity index (χ4v) is 4.29. The van der Waals surface area contributed by atoms with Gasteiger partial charge in [0.25, 0.3) is 5.91 Å². The van der Waals surface area contributed by atoms with Gasteiger partial charge in [0.1, 0.15) is 5.54 Å². The number of hydrogen-bond donors (Lipinski definition) is 1. The van der Waals surface area contributed by atoms with Gasteiger partial charge in [0, 0.05) is 22.7 Å². The van der Waals surface area contributed by atoms with Crippen molar-refractivity contribution in [2.75, 3.05) is 0 Å². The molecular weight excluding hydrogens is 505 g/mol. The zero-order valence-corrected chi connectivity index (χ0v) is 19.5. The molecule has 1 heterocycles. The highest BCUT2D eigenvalue weighted by Crippen LogP contribution is 2.37. The molecule has 0 bridgehead atoms. The van der Waals surface area contributed by atoms with Gasteiger partial charge in [-0.05, 0) is 53.6 Å². The predicted octanol–water partition coefficient (Wildman–Crippen LogP) is 6.78. The number of amides is 1. The van der Waals surface area contributed by atoms with Crippen molar-refractivity contribution in [1.29, 1.82) is 0 Å². The molecule has 3 nitrogen and oxygen atoms in total. The van der Waals surface area contributed by atoms with Crippen LogP contribution in [0.2, 0.25) is 0 Å². The molecule has 0 saturated heterocycles. The van der Waals surface area contributed by atoms with E-state index in [9.17, 15) is 18.0 Å². The number of nitrogens with zero attached hydrogens (tertiary/aromatic N) is 1. The first-order valence-corrected chi connectivity index (χ1v) is 11.3. The zero-order valence-electron chi connectivity index (χ0n) is 17.9. The van der Waals surface area contributed by atoms with Crippen molar-refractivity contribution in [1.82, 2.24) is 10.3 Å². The summed E-state index contributed by atoms with van der Waals surface area (Å²) in [5.74, 6) is -0.430. The van der Waals surface area contributed by atoms with Crippen LogP contribution in [0.25, 0.3) is 0 Å². The standard InChI is InChI=1S/C27H20BrF3N2O/c28-23-13-6-10-20(16-23)25(34)33-26(24-14-4-5-15-32-24,18-19-8-2-1-3-9-19)21-11-7-12-22(17-21)27(29,30)31/h1-17H,18H2,(H,33,34). The molecule has 172 valence electrons. The van der Waals surface area contributed by atoms with E-state index in [2.05, 4.69) is 26.2 Å². The Morgan fingerprint density at radius 3 is 2.21 bits per heavy atom. The van der Waals surface area contributed by atoms with Crippen molar-refractivity contribution >= 4 is 21.8 Å². The third-order valence-corrected chi connectivity index (χ3v) is 6.00. The van der Waals surface area contributed by atoms with E-state index in [0.717, 1.165) is 17.7 Å². The molecule has 4 aromatic rings. The van der Waals surface area contributed by atoms with Crippen LogP contribution >= 0.6 is 15.9 Å². The maximum absolute atomic E-state index is 13.6. The van der Waals surface area contributed by atoms with E-state index in [0.29, 0.717) is 15.7 Å². The minimum Gasteiger partial charge on any atom is -0.337 e. The molecule has 1 aromatic heterocycles. The zero-order chi connectivity index (χ0) is 24.2. The molecule has 1 atom stereocenters. The smallest absolute Gasteiger partial charge is 0.337 e. The van der Waals surface area contributed by atoms with Gasteiger partial charge in [0.05, 0.1) is 11.3 Å². The Morgan fingerprint density at radius 1 is 0.824 bits per heavy atom. The summed E-state index contributed by atoms with van der Waals surface area (Å²) in [5, 5.41) is 3.04. The van der Waals surface area contributed by atoms with Crippen LogP contribution < -0.4 is 5.32 Å². The number of aromatic nitrogens is 1. The first kappa shape index (κ1) is 23.7. The normalized spacial score (nSPS) is 13.2. The molecule has 0 aliphatic rings. The number of pyridine rings is 1. The maximum Gasteiger partial charge on any atom is 0.416 e. The lowest BCUT2D eigenvalue weighted by molar-refractivity contribution is -0.137. The molecular formula is C27H20BrF3N2O. The summed E-state index contributed by atoms with van der Waals surface area (Å²) in [7, 11) is 0. The van der Waals surface area contributed by atoms with Crippen molar-refractivity contribution in [2.24, 2.45) is 0 Å². The molecule has 3 aromatic carbocycles. The summed E-state index contributed by atoms with van der Waals surface area (Å²) >= 11 is 3.37. The van der Waals surface area contributed by atoms with E-state index in [4.69, 9.17) is 0 Å². The third-order valence-electron chi connectivity index (χ3n) is 5.51. The summed E-state index contributed by atoms with van der Waals surface area (Å²) < 4.78 is 41.7. The largest absolute Gasteiger partial charge is 0.416 e. The van der Waals surface area contributed by atoms with Crippen LogP contribution in [0, 0.1) is 0 Å². The summed E-state index contributed by atoms with van der Waals surface area (Å²) in [5.41, 5.74) is -0.233. The second-order valence-electron chi connectivity index (χ2n) is 7.83. The Labute approximate surface area is 203 Å². The van der Waals surface area contributed by atoms with Crippen molar-refractivity contribution in [3.05, 3.63) is 136 Å². The van der Waals surface area contributed by atoms with Crippen LogP contribution in [-0.2, 0) is 18.1 Å². The molecule has 0 aliphatic carbocycles. The predicted molar refractivity (Wildman–Crippen MR) is 128 cm³/mol. The average molecular weight is 525 g/mol. The molecule has 34 heavy (non-hydrogen) atoms. The molecule has 7 heteroatoms. The number of halogens is 4. The van der Waals surface area contributed by atoms with E-state index in [1.54, 1.807) is 54.7 Å². The third kappa shape index (κ3) is 5.20. The van der Waals surface area contributed by atoms with E-state index in [1.165, 1.54) is 6.07 Å². The van der Waals surface area contributed by atoms with Gasteiger partial charge < -0.3 is 5.32 Å². The molecule has 0 saturated carbocycles. The minimum atomic E-state index is -4.53. The van der Waals surface area contributed by atoms with E-state index in [-0.39, 0.29) is 12.0 Å². The Balaban J connectivity index is 1.93. The van der Waals surface area contributed by atoms with Crippen molar-refractivity contribution in [2.45, 2.75) is 18.1 Å². The summed E-state index contributed by atoms with van der Waals surface area (Å²) in [6, 6.07) is 26.4. The van der Waals surface area contributed by atoms with E-state index >= 15 is 0 Å². The first-order valence-electron chi connectivity index (χ1n) is 10.5. The summed E-state index contributed by atoms with van der Waals surface area (Å²) in [6.07, 6.45) is -2.77. The average Bonchev–Trinajstić information content (AvgIpc) is 2.84. The van der Waals surface area contributed by atoms with Gasteiger partial charge >= 0.3 is 6.18 Å². The molecule has 1 unspecified atom stereocenters. The molecule has 0 fully saturated rings. The molecule has 0 aliphatic heterocycles. The quantitative estimate of drug-likeness (QED) is 0.302. The second kappa shape index (κ2) is 9.81.